The summed E-state index contributed by atoms with van der Waals surface area (Å²) >= 11 is 0. The van der Waals surface area contributed by atoms with Crippen LogP contribution in [0.15, 0.2) is 47.6 Å². The van der Waals surface area contributed by atoms with Gasteiger partial charge in [-0.2, -0.15) is 0 Å². The topological polar surface area (TPSA) is 113 Å². The molecule has 6 aliphatic rings. The molecular formula is C29H36O9. The fraction of sp³-hybridized carbons (Fsp3) is 0.655. The number of epoxide rings is 1. The van der Waals surface area contributed by atoms with Crippen molar-refractivity contribution in [2.24, 2.45) is 10.8 Å². The standard InChI is InChI=1S/C29H36O9/c1-16-9-10-28-14-33-22(31)12-17(2)13-23-35-18(3)19(36-23)7-5-6-8-21(30)38-25-24(32)26(37-20(28)11-16)29(15-34-29)27(25,28)4/h5-8,11-12,18-20,23-26,32H,9-10,13-15H2,1-4H3/b7-5-,8-6-,17-12-/t18?,19?,20-,23?,24?,25-,26-,27-,28-,29-/m1/s1. The molecule has 4 bridgehead atoms. The Morgan fingerprint density at radius 2 is 1.79 bits per heavy atom. The third-order valence-corrected chi connectivity index (χ3v) is 9.61. The van der Waals surface area contributed by atoms with E-state index < -0.39 is 59.1 Å². The minimum atomic E-state index is -1.09. The molecule has 0 radical (unpaired) electrons. The van der Waals surface area contributed by atoms with Crippen LogP contribution in [0, 0.1) is 10.8 Å². The van der Waals surface area contributed by atoms with Gasteiger partial charge in [-0.05, 0) is 33.6 Å². The highest BCUT2D eigenvalue weighted by Gasteiger charge is 2.85. The summed E-state index contributed by atoms with van der Waals surface area (Å²) in [6.07, 6.45) is 7.78. The lowest BCUT2D eigenvalue weighted by atomic mass is 9.51. The molecule has 2 spiro atoms. The summed E-state index contributed by atoms with van der Waals surface area (Å²) in [7, 11) is 0. The van der Waals surface area contributed by atoms with Crippen molar-refractivity contribution in [2.45, 2.75) is 95.5 Å². The first-order chi connectivity index (χ1) is 18.1. The summed E-state index contributed by atoms with van der Waals surface area (Å²) in [6, 6.07) is 0. The van der Waals surface area contributed by atoms with Crippen molar-refractivity contribution in [2.75, 3.05) is 13.2 Å². The van der Waals surface area contributed by atoms with E-state index in [1.54, 1.807) is 12.2 Å². The van der Waals surface area contributed by atoms with Gasteiger partial charge in [0.2, 0.25) is 0 Å². The van der Waals surface area contributed by atoms with E-state index in [0.29, 0.717) is 19.4 Å². The molecule has 206 valence electrons. The second kappa shape index (κ2) is 9.13. The fourth-order valence-electron chi connectivity index (χ4n) is 7.36. The Morgan fingerprint density at radius 1 is 1.00 bits per heavy atom. The van der Waals surface area contributed by atoms with E-state index in [2.05, 4.69) is 6.08 Å². The number of ether oxygens (including phenoxy) is 6. The van der Waals surface area contributed by atoms with Gasteiger partial charge in [0.1, 0.15) is 36.6 Å². The minimum Gasteiger partial charge on any atom is -0.462 e. The summed E-state index contributed by atoms with van der Waals surface area (Å²) in [5.41, 5.74) is -0.499. The first-order valence-corrected chi connectivity index (χ1v) is 13.4. The van der Waals surface area contributed by atoms with Gasteiger partial charge in [0.25, 0.3) is 0 Å². The lowest BCUT2D eigenvalue weighted by Crippen LogP contribution is -2.66. The van der Waals surface area contributed by atoms with Gasteiger partial charge in [-0.15, -0.1) is 0 Å². The number of aliphatic hydroxyl groups excluding tert-OH is 1. The SMILES string of the molecule is CC1=C[C@H]2O[C@@H]3C(O)[C@H]4OC(=O)/C=C\C=C/C5OC(C/C(C)=C\C(=O)OC[C@@]2(CC1)[C@]4(C)[C@@]31CO1)OC5C. The number of rotatable bonds is 0. The van der Waals surface area contributed by atoms with Crippen molar-refractivity contribution in [1.82, 2.24) is 0 Å². The van der Waals surface area contributed by atoms with Crippen LogP contribution in [0.5, 0.6) is 0 Å². The van der Waals surface area contributed by atoms with E-state index in [9.17, 15) is 14.7 Å². The largest absolute Gasteiger partial charge is 0.462 e. The quantitative estimate of drug-likeness (QED) is 0.288. The third kappa shape index (κ3) is 3.78. The van der Waals surface area contributed by atoms with Gasteiger partial charge in [0, 0.05) is 24.0 Å². The molecule has 0 aromatic heterocycles. The molecule has 1 N–H and O–H groups in total. The molecule has 4 unspecified atom stereocenters. The predicted octanol–water partition coefficient (Wildman–Crippen LogP) is 2.68. The van der Waals surface area contributed by atoms with E-state index in [1.165, 1.54) is 17.7 Å². The van der Waals surface area contributed by atoms with Gasteiger partial charge in [0.15, 0.2) is 6.29 Å². The molecule has 6 rings (SSSR count). The predicted molar refractivity (Wildman–Crippen MR) is 134 cm³/mol. The number of carbonyl (C=O) groups is 2. The highest BCUT2D eigenvalue weighted by atomic mass is 16.7. The van der Waals surface area contributed by atoms with Crippen LogP contribution in [0.3, 0.4) is 0 Å². The number of cyclic esters (lactones) is 1. The Bertz CT molecular complexity index is 1130. The number of fused-ring (bicyclic) bond motifs is 2. The monoisotopic (exact) mass is 528 g/mol. The van der Waals surface area contributed by atoms with Crippen molar-refractivity contribution in [3.05, 3.63) is 47.6 Å². The molecule has 4 aliphatic heterocycles. The number of hydrogen-bond donors (Lipinski definition) is 1. The highest BCUT2D eigenvalue weighted by molar-refractivity contribution is 5.83. The lowest BCUT2D eigenvalue weighted by molar-refractivity contribution is -0.232. The number of hydrogen-bond acceptors (Lipinski definition) is 9. The van der Waals surface area contributed by atoms with Crippen molar-refractivity contribution in [3.63, 3.8) is 0 Å². The zero-order chi connectivity index (χ0) is 26.9. The summed E-state index contributed by atoms with van der Waals surface area (Å²) in [5, 5.41) is 11.4. The smallest absolute Gasteiger partial charge is 0.331 e. The molecule has 10 atom stereocenters. The Morgan fingerprint density at radius 3 is 2.55 bits per heavy atom. The zero-order valence-corrected chi connectivity index (χ0v) is 22.3. The van der Waals surface area contributed by atoms with Crippen molar-refractivity contribution >= 4 is 11.9 Å². The first kappa shape index (κ1) is 26.0. The first-order valence-electron chi connectivity index (χ1n) is 13.4. The average molecular weight is 529 g/mol. The Balaban J connectivity index is 1.40. The average Bonchev–Trinajstić information content (AvgIpc) is 3.57. The van der Waals surface area contributed by atoms with Crippen molar-refractivity contribution in [3.8, 4) is 0 Å². The van der Waals surface area contributed by atoms with Crippen LogP contribution in [0.1, 0.15) is 47.0 Å². The van der Waals surface area contributed by atoms with E-state index in [0.717, 1.165) is 12.0 Å². The van der Waals surface area contributed by atoms with Crippen LogP contribution in [0.25, 0.3) is 0 Å². The maximum atomic E-state index is 13.0. The van der Waals surface area contributed by atoms with Gasteiger partial charge in [-0.1, -0.05) is 42.4 Å². The van der Waals surface area contributed by atoms with Gasteiger partial charge in [-0.25, -0.2) is 9.59 Å². The van der Waals surface area contributed by atoms with Gasteiger partial charge in [0.05, 0.1) is 24.2 Å². The Labute approximate surface area is 222 Å². The van der Waals surface area contributed by atoms with Crippen molar-refractivity contribution < 1.29 is 43.1 Å². The van der Waals surface area contributed by atoms with E-state index in [1.807, 2.05) is 33.8 Å². The molecular weight excluding hydrogens is 492 g/mol. The van der Waals surface area contributed by atoms with Crippen LogP contribution in [-0.2, 0) is 38.0 Å². The van der Waals surface area contributed by atoms with Crippen LogP contribution in [0.2, 0.25) is 0 Å². The summed E-state index contributed by atoms with van der Waals surface area (Å²) in [6.45, 7) is 8.21. The van der Waals surface area contributed by atoms with Gasteiger partial charge in [-0.3, -0.25) is 0 Å². The zero-order valence-electron chi connectivity index (χ0n) is 22.3. The van der Waals surface area contributed by atoms with Crippen LogP contribution >= 0.6 is 0 Å². The normalized spacial score (nSPS) is 51.4. The molecule has 0 amide bonds. The maximum Gasteiger partial charge on any atom is 0.331 e. The number of carbonyl (C=O) groups excluding carboxylic acids is 2. The summed E-state index contributed by atoms with van der Waals surface area (Å²) < 4.78 is 36.3. The third-order valence-electron chi connectivity index (χ3n) is 9.61. The van der Waals surface area contributed by atoms with Gasteiger partial charge < -0.3 is 33.5 Å². The van der Waals surface area contributed by atoms with E-state index in [4.69, 9.17) is 28.4 Å². The van der Waals surface area contributed by atoms with E-state index >= 15 is 0 Å². The number of esters is 2. The molecule has 1 saturated carbocycles. The number of allylic oxidation sites excluding steroid dienone is 3. The second-order valence-electron chi connectivity index (χ2n) is 11.8. The fourth-order valence-corrected chi connectivity index (χ4v) is 7.36. The molecule has 0 aromatic rings. The molecule has 4 fully saturated rings. The maximum absolute atomic E-state index is 13.0. The molecule has 38 heavy (non-hydrogen) atoms. The number of aliphatic hydroxyl groups is 1. The van der Waals surface area contributed by atoms with Crippen LogP contribution in [0.4, 0.5) is 0 Å². The second-order valence-corrected chi connectivity index (χ2v) is 11.8. The molecule has 0 aromatic carbocycles. The summed E-state index contributed by atoms with van der Waals surface area (Å²) in [4.78, 5) is 26.0. The molecule has 3 saturated heterocycles. The van der Waals surface area contributed by atoms with E-state index in [-0.39, 0.29) is 18.8 Å². The van der Waals surface area contributed by atoms with Crippen molar-refractivity contribution in [1.29, 1.82) is 0 Å². The molecule has 4 heterocycles. The van der Waals surface area contributed by atoms with Crippen LogP contribution in [-0.4, -0.2) is 78.8 Å². The van der Waals surface area contributed by atoms with Crippen LogP contribution < -0.4 is 0 Å². The van der Waals surface area contributed by atoms with Gasteiger partial charge >= 0.3 is 11.9 Å². The molecule has 9 heteroatoms. The summed E-state index contributed by atoms with van der Waals surface area (Å²) in [5.74, 6) is -1.05. The lowest BCUT2D eigenvalue weighted by Gasteiger charge is -2.58. The highest BCUT2D eigenvalue weighted by Crippen LogP contribution is 2.72. The minimum absolute atomic E-state index is 0.0350. The molecule has 9 nitrogen and oxygen atoms in total. The Kier molecular flexibility index (Phi) is 6.23. The molecule has 2 aliphatic carbocycles. The Hall–Kier alpha value is -2.30.